The minimum absolute atomic E-state index is 0.140. The maximum atomic E-state index is 10.9. The normalized spacial score (nSPS) is 15.6. The maximum absolute atomic E-state index is 10.9. The summed E-state index contributed by atoms with van der Waals surface area (Å²) in [6.45, 7) is 8.16. The van der Waals surface area contributed by atoms with Crippen molar-refractivity contribution in [2.24, 2.45) is 0 Å². The molecule has 0 aliphatic heterocycles. The molecule has 1 nitrogen and oxygen atoms in total. The molecule has 0 radical (unpaired) electrons. The zero-order valence-corrected chi connectivity index (χ0v) is 8.06. The average Bonchev–Trinajstić information content (AvgIpc) is 1.62. The minimum Gasteiger partial charge on any atom is -0.248 e. The molecule has 0 aliphatic rings. The third-order valence-corrected chi connectivity index (χ3v) is 4.50. The second-order valence-corrected chi connectivity index (χ2v) is 6.98. The van der Waals surface area contributed by atoms with Gasteiger partial charge < -0.3 is 0 Å². The molecular formula is C6H14OS2. The smallest absolute Gasteiger partial charge is 0.0806 e. The Labute approximate surface area is 63.5 Å². The number of hydrogen-bond donors (Lipinski definition) is 0. The first-order chi connectivity index (χ1) is 3.95. The molecule has 0 saturated carbocycles. The first-order valence-corrected chi connectivity index (χ1v) is 5.69. The van der Waals surface area contributed by atoms with Crippen LogP contribution in [0.25, 0.3) is 0 Å². The molecule has 0 fully saturated rings. The fourth-order valence-corrected chi connectivity index (χ4v) is 3.04. The van der Waals surface area contributed by atoms with Gasteiger partial charge in [-0.15, -0.1) is 0 Å². The largest absolute Gasteiger partial charge is 0.248 e. The molecule has 0 aromatic rings. The molecule has 0 aromatic heterocycles. The summed E-state index contributed by atoms with van der Waals surface area (Å²) in [6.07, 6.45) is 0. The topological polar surface area (TPSA) is 17.1 Å². The lowest BCUT2D eigenvalue weighted by atomic mass is 10.3. The molecule has 0 amide bonds. The minimum atomic E-state index is -0.680. The van der Waals surface area contributed by atoms with Crippen LogP contribution in [0, 0.1) is 0 Å². The van der Waals surface area contributed by atoms with Crippen molar-refractivity contribution in [3.8, 4) is 0 Å². The van der Waals surface area contributed by atoms with Gasteiger partial charge in [0.15, 0.2) is 0 Å². The highest BCUT2D eigenvalue weighted by molar-refractivity contribution is 8.69. The van der Waals surface area contributed by atoms with Crippen molar-refractivity contribution in [1.82, 2.24) is 0 Å². The van der Waals surface area contributed by atoms with Gasteiger partial charge in [-0.1, -0.05) is 38.5 Å². The van der Waals surface area contributed by atoms with Gasteiger partial charge in [0, 0.05) is 10.5 Å². The highest BCUT2D eigenvalue weighted by atomic mass is 33.1. The van der Waals surface area contributed by atoms with Crippen LogP contribution in [0.2, 0.25) is 0 Å². The quantitative estimate of drug-likeness (QED) is 0.585. The summed E-state index contributed by atoms with van der Waals surface area (Å²) in [5.74, 6) is 0.752. The van der Waals surface area contributed by atoms with E-state index in [4.69, 9.17) is 0 Å². The molecule has 0 N–H and O–H groups in total. The lowest BCUT2D eigenvalue weighted by Crippen LogP contribution is -2.09. The van der Waals surface area contributed by atoms with Crippen molar-refractivity contribution in [3.63, 3.8) is 0 Å². The molecule has 9 heavy (non-hydrogen) atoms. The summed E-state index contributed by atoms with van der Waals surface area (Å²) < 4.78 is 11.0. The van der Waals surface area contributed by atoms with Crippen LogP contribution in [0.4, 0.5) is 0 Å². The summed E-state index contributed by atoms with van der Waals surface area (Å²) >= 11 is 0. The Morgan fingerprint density at radius 1 is 1.44 bits per heavy atom. The Kier molecular flexibility index (Phi) is 3.82. The van der Waals surface area contributed by atoms with Crippen molar-refractivity contribution in [2.75, 3.05) is 5.75 Å². The van der Waals surface area contributed by atoms with E-state index >= 15 is 0 Å². The highest BCUT2D eigenvalue weighted by Crippen LogP contribution is 2.26. The monoisotopic (exact) mass is 166 g/mol. The predicted molar refractivity (Wildman–Crippen MR) is 46.0 cm³/mol. The number of rotatable bonds is 2. The molecule has 1 atom stereocenters. The summed E-state index contributed by atoms with van der Waals surface area (Å²) in [6, 6.07) is 0. The third-order valence-electron chi connectivity index (χ3n) is 0.579. The van der Waals surface area contributed by atoms with Gasteiger partial charge in [0.1, 0.15) is 0 Å². The number of hydrogen-bond acceptors (Lipinski definition) is 2. The fraction of sp³-hybridized carbons (Fsp3) is 1.00. The van der Waals surface area contributed by atoms with Crippen LogP contribution in [0.3, 0.4) is 0 Å². The Hall–Kier alpha value is 0.500. The van der Waals surface area contributed by atoms with E-state index in [0.717, 1.165) is 5.75 Å². The van der Waals surface area contributed by atoms with E-state index in [-0.39, 0.29) is 4.75 Å². The van der Waals surface area contributed by atoms with Gasteiger partial charge in [-0.2, -0.15) is 0 Å². The van der Waals surface area contributed by atoms with Gasteiger partial charge in [-0.25, -0.2) is 4.21 Å². The summed E-state index contributed by atoms with van der Waals surface area (Å²) in [4.78, 5) is 0. The maximum Gasteiger partial charge on any atom is 0.0806 e. The molecule has 0 spiro atoms. The summed E-state index contributed by atoms with van der Waals surface area (Å²) in [5, 5.41) is 0. The van der Waals surface area contributed by atoms with Crippen molar-refractivity contribution < 1.29 is 4.21 Å². The van der Waals surface area contributed by atoms with Crippen LogP contribution < -0.4 is 0 Å². The molecule has 0 rings (SSSR count). The van der Waals surface area contributed by atoms with E-state index in [9.17, 15) is 4.21 Å². The van der Waals surface area contributed by atoms with Gasteiger partial charge >= 0.3 is 0 Å². The van der Waals surface area contributed by atoms with Gasteiger partial charge in [0.2, 0.25) is 0 Å². The van der Waals surface area contributed by atoms with Crippen molar-refractivity contribution >= 4 is 20.6 Å². The van der Waals surface area contributed by atoms with E-state index in [2.05, 4.69) is 20.8 Å². The van der Waals surface area contributed by atoms with Crippen LogP contribution in [0.15, 0.2) is 0 Å². The Morgan fingerprint density at radius 3 is 2.00 bits per heavy atom. The van der Waals surface area contributed by atoms with Crippen LogP contribution in [0.1, 0.15) is 27.7 Å². The summed E-state index contributed by atoms with van der Waals surface area (Å²) in [5.41, 5.74) is 0. The molecule has 0 heterocycles. The zero-order chi connectivity index (χ0) is 7.49. The zero-order valence-electron chi connectivity index (χ0n) is 6.43. The fourth-order valence-electron chi connectivity index (χ4n) is 0.338. The second kappa shape index (κ2) is 3.62. The molecule has 0 saturated heterocycles. The molecule has 1 unspecified atom stereocenters. The van der Waals surface area contributed by atoms with Crippen molar-refractivity contribution in [1.29, 1.82) is 0 Å². The van der Waals surface area contributed by atoms with Crippen molar-refractivity contribution in [3.05, 3.63) is 0 Å². The summed E-state index contributed by atoms with van der Waals surface area (Å²) in [7, 11) is 0.849. The van der Waals surface area contributed by atoms with Gasteiger partial charge in [-0.3, -0.25) is 0 Å². The SMILES string of the molecule is CCS(=O)SC(C)(C)C. The van der Waals surface area contributed by atoms with Crippen LogP contribution in [0.5, 0.6) is 0 Å². The lowest BCUT2D eigenvalue weighted by Gasteiger charge is -2.14. The third kappa shape index (κ3) is 6.38. The van der Waals surface area contributed by atoms with Crippen LogP contribution >= 0.6 is 10.8 Å². The molecule has 56 valence electrons. The van der Waals surface area contributed by atoms with E-state index in [1.165, 1.54) is 10.8 Å². The van der Waals surface area contributed by atoms with Crippen LogP contribution in [-0.2, 0) is 9.83 Å². The first kappa shape index (κ1) is 9.50. The van der Waals surface area contributed by atoms with E-state index in [0.29, 0.717) is 0 Å². The standard InChI is InChI=1S/C6H14OS2/c1-5-9(7)8-6(2,3)4/h5H2,1-4H3. The van der Waals surface area contributed by atoms with E-state index in [1.54, 1.807) is 0 Å². The lowest BCUT2D eigenvalue weighted by molar-refractivity contribution is 0.691. The second-order valence-electron chi connectivity index (χ2n) is 2.79. The van der Waals surface area contributed by atoms with E-state index < -0.39 is 9.83 Å². The Bertz CT molecular complexity index is 104. The van der Waals surface area contributed by atoms with Gasteiger partial charge in [-0.05, 0) is 0 Å². The predicted octanol–water partition coefficient (Wildman–Crippen LogP) is 2.20. The first-order valence-electron chi connectivity index (χ1n) is 3.03. The van der Waals surface area contributed by atoms with E-state index in [1.807, 2.05) is 6.92 Å². The average molecular weight is 166 g/mol. The Balaban J connectivity index is 3.60. The molecule has 0 bridgehead atoms. The van der Waals surface area contributed by atoms with Crippen molar-refractivity contribution in [2.45, 2.75) is 32.4 Å². The Morgan fingerprint density at radius 2 is 1.89 bits per heavy atom. The van der Waals surface area contributed by atoms with Crippen LogP contribution in [-0.4, -0.2) is 14.7 Å². The molecule has 3 heteroatoms. The molecule has 0 aliphatic carbocycles. The molecule has 0 aromatic carbocycles. The highest BCUT2D eigenvalue weighted by Gasteiger charge is 2.13. The van der Waals surface area contributed by atoms with Gasteiger partial charge in [0.25, 0.3) is 0 Å². The van der Waals surface area contributed by atoms with Gasteiger partial charge in [0.05, 0.1) is 9.83 Å². The molecular weight excluding hydrogens is 152 g/mol.